The summed E-state index contributed by atoms with van der Waals surface area (Å²) in [5, 5.41) is 6.19. The van der Waals surface area contributed by atoms with Crippen molar-refractivity contribution in [2.24, 2.45) is 0 Å². The van der Waals surface area contributed by atoms with Gasteiger partial charge in [0.05, 0.1) is 28.5 Å². The maximum absolute atomic E-state index is 12.5. The largest absolute Gasteiger partial charge is 0.495 e. The van der Waals surface area contributed by atoms with Gasteiger partial charge in [0, 0.05) is 10.6 Å². The molecule has 0 spiro atoms. The van der Waals surface area contributed by atoms with Crippen molar-refractivity contribution in [3.8, 4) is 11.5 Å². The number of carbonyl (C=O) groups excluding carboxylic acids is 2. The maximum atomic E-state index is 12.5. The van der Waals surface area contributed by atoms with Crippen LogP contribution in [0.2, 0.25) is 15.1 Å². The minimum Gasteiger partial charge on any atom is -0.495 e. The van der Waals surface area contributed by atoms with Crippen LogP contribution in [0.5, 0.6) is 11.5 Å². The van der Waals surface area contributed by atoms with Crippen LogP contribution in [0, 0.1) is 0 Å². The molecule has 0 aliphatic carbocycles. The van der Waals surface area contributed by atoms with Gasteiger partial charge in [-0.2, -0.15) is 0 Å². The molecule has 160 valence electrons. The number of amides is 2. The third kappa shape index (κ3) is 6.04. The number of ether oxygens (including phenoxy) is 2. The fraction of sp³-hybridized carbons (Fsp3) is 0.0909. The average molecular weight is 480 g/mol. The molecular formula is C22H17Cl3N2O4. The van der Waals surface area contributed by atoms with Gasteiger partial charge in [-0.15, -0.1) is 0 Å². The van der Waals surface area contributed by atoms with Crippen LogP contribution < -0.4 is 20.1 Å². The Morgan fingerprint density at radius 1 is 0.903 bits per heavy atom. The minimum atomic E-state index is -0.411. The summed E-state index contributed by atoms with van der Waals surface area (Å²) in [7, 11) is 1.52. The molecule has 0 unspecified atom stereocenters. The Kier molecular flexibility index (Phi) is 7.63. The maximum Gasteiger partial charge on any atom is 0.262 e. The van der Waals surface area contributed by atoms with Gasteiger partial charge in [-0.1, -0.05) is 46.9 Å². The summed E-state index contributed by atoms with van der Waals surface area (Å²) >= 11 is 18.1. The van der Waals surface area contributed by atoms with Crippen LogP contribution in [0.15, 0.2) is 60.7 Å². The molecule has 31 heavy (non-hydrogen) atoms. The van der Waals surface area contributed by atoms with E-state index in [0.717, 1.165) is 0 Å². The van der Waals surface area contributed by atoms with Crippen molar-refractivity contribution in [3.63, 3.8) is 0 Å². The van der Waals surface area contributed by atoms with Gasteiger partial charge in [-0.05, 0) is 48.5 Å². The van der Waals surface area contributed by atoms with Crippen LogP contribution in [0.3, 0.4) is 0 Å². The Hall–Kier alpha value is -2.93. The standard InChI is InChI=1S/C22H17Cl3N2O4/c1-30-19-5-3-2-4-18(19)26-20(28)12-31-15-8-6-13(7-9-15)22(29)27-21-16(24)10-14(23)11-17(21)25/h2-11H,12H2,1H3,(H,26,28)(H,27,29). The predicted molar refractivity (Wildman–Crippen MR) is 123 cm³/mol. The first kappa shape index (κ1) is 22.7. The summed E-state index contributed by atoms with van der Waals surface area (Å²) in [5.41, 5.74) is 1.17. The lowest BCUT2D eigenvalue weighted by atomic mass is 10.2. The van der Waals surface area contributed by atoms with Crippen LogP contribution in [0.4, 0.5) is 11.4 Å². The molecule has 0 atom stereocenters. The summed E-state index contributed by atoms with van der Waals surface area (Å²) in [6, 6.07) is 16.3. The first-order chi connectivity index (χ1) is 14.9. The van der Waals surface area contributed by atoms with Gasteiger partial charge in [-0.25, -0.2) is 0 Å². The third-order valence-electron chi connectivity index (χ3n) is 4.11. The van der Waals surface area contributed by atoms with Crippen LogP contribution in [-0.4, -0.2) is 25.5 Å². The Balaban J connectivity index is 1.57. The van der Waals surface area contributed by atoms with E-state index in [1.54, 1.807) is 48.5 Å². The van der Waals surface area contributed by atoms with Gasteiger partial charge < -0.3 is 20.1 Å². The molecule has 3 aromatic carbocycles. The summed E-state index contributed by atoms with van der Waals surface area (Å²) in [6.07, 6.45) is 0. The monoisotopic (exact) mass is 478 g/mol. The zero-order valence-corrected chi connectivity index (χ0v) is 18.5. The lowest BCUT2D eigenvalue weighted by Gasteiger charge is -2.11. The van der Waals surface area contributed by atoms with Crippen LogP contribution in [0.25, 0.3) is 0 Å². The van der Waals surface area contributed by atoms with Crippen molar-refractivity contribution in [1.29, 1.82) is 0 Å². The van der Waals surface area contributed by atoms with Crippen LogP contribution >= 0.6 is 34.8 Å². The molecule has 9 heteroatoms. The van der Waals surface area contributed by atoms with E-state index in [9.17, 15) is 9.59 Å². The van der Waals surface area contributed by atoms with Crippen molar-refractivity contribution >= 4 is 58.0 Å². The number of rotatable bonds is 7. The lowest BCUT2D eigenvalue weighted by Crippen LogP contribution is -2.20. The van der Waals surface area contributed by atoms with E-state index in [4.69, 9.17) is 44.3 Å². The van der Waals surface area contributed by atoms with Crippen molar-refractivity contribution in [2.45, 2.75) is 0 Å². The summed E-state index contributed by atoms with van der Waals surface area (Å²) < 4.78 is 10.7. The first-order valence-corrected chi connectivity index (χ1v) is 10.1. The van der Waals surface area contributed by atoms with Gasteiger partial charge in [0.25, 0.3) is 11.8 Å². The highest BCUT2D eigenvalue weighted by molar-refractivity contribution is 6.42. The van der Waals surface area contributed by atoms with Crippen molar-refractivity contribution in [3.05, 3.63) is 81.3 Å². The number of carbonyl (C=O) groups is 2. The van der Waals surface area contributed by atoms with E-state index >= 15 is 0 Å². The second-order valence-corrected chi connectivity index (χ2v) is 7.51. The van der Waals surface area contributed by atoms with Crippen molar-refractivity contribution in [1.82, 2.24) is 0 Å². The van der Waals surface area contributed by atoms with Gasteiger partial charge in [0.2, 0.25) is 0 Å². The fourth-order valence-electron chi connectivity index (χ4n) is 2.63. The molecule has 6 nitrogen and oxygen atoms in total. The summed E-state index contributed by atoms with van der Waals surface area (Å²) in [5.74, 6) is 0.214. The van der Waals surface area contributed by atoms with E-state index in [2.05, 4.69) is 10.6 Å². The third-order valence-corrected chi connectivity index (χ3v) is 4.93. The molecule has 0 aromatic heterocycles. The number of anilines is 2. The Labute approximate surface area is 194 Å². The number of hydrogen-bond acceptors (Lipinski definition) is 4. The molecule has 0 aliphatic heterocycles. The number of para-hydroxylation sites is 2. The second kappa shape index (κ2) is 10.4. The molecule has 0 radical (unpaired) electrons. The molecule has 2 amide bonds. The van der Waals surface area contributed by atoms with Gasteiger partial charge in [0.15, 0.2) is 6.61 Å². The highest BCUT2D eigenvalue weighted by Gasteiger charge is 2.13. The Morgan fingerprint density at radius 3 is 2.19 bits per heavy atom. The zero-order valence-electron chi connectivity index (χ0n) is 16.2. The van der Waals surface area contributed by atoms with E-state index in [1.807, 2.05) is 0 Å². The normalized spacial score (nSPS) is 10.3. The van der Waals surface area contributed by atoms with Crippen LogP contribution in [0.1, 0.15) is 10.4 Å². The smallest absolute Gasteiger partial charge is 0.262 e. The molecule has 0 saturated heterocycles. The van der Waals surface area contributed by atoms with Gasteiger partial charge in [0.1, 0.15) is 11.5 Å². The molecule has 0 fully saturated rings. The molecule has 3 rings (SSSR count). The van der Waals surface area contributed by atoms with Crippen LogP contribution in [-0.2, 0) is 4.79 Å². The predicted octanol–water partition coefficient (Wildman–Crippen LogP) is 5.93. The second-order valence-electron chi connectivity index (χ2n) is 6.26. The molecule has 3 aromatic rings. The minimum absolute atomic E-state index is 0.209. The highest BCUT2D eigenvalue weighted by Crippen LogP contribution is 2.34. The Bertz CT molecular complexity index is 1080. The van der Waals surface area contributed by atoms with E-state index in [-0.39, 0.29) is 28.2 Å². The summed E-state index contributed by atoms with van der Waals surface area (Å²) in [4.78, 5) is 24.6. The molecule has 0 bridgehead atoms. The number of hydrogen-bond donors (Lipinski definition) is 2. The number of halogens is 3. The lowest BCUT2D eigenvalue weighted by molar-refractivity contribution is -0.118. The SMILES string of the molecule is COc1ccccc1NC(=O)COc1ccc(C(=O)Nc2c(Cl)cc(Cl)cc2Cl)cc1. The fourth-order valence-corrected chi connectivity index (χ4v) is 3.54. The highest BCUT2D eigenvalue weighted by atomic mass is 35.5. The molecular weight excluding hydrogens is 463 g/mol. The number of benzene rings is 3. The van der Waals surface area contributed by atoms with E-state index in [1.165, 1.54) is 19.2 Å². The Morgan fingerprint density at radius 2 is 1.55 bits per heavy atom. The van der Waals surface area contributed by atoms with E-state index < -0.39 is 5.91 Å². The van der Waals surface area contributed by atoms with E-state index in [0.29, 0.717) is 27.8 Å². The molecule has 0 saturated carbocycles. The number of methoxy groups -OCH3 is 1. The zero-order chi connectivity index (χ0) is 22.4. The summed E-state index contributed by atoms with van der Waals surface area (Å²) in [6.45, 7) is -0.209. The average Bonchev–Trinajstić information content (AvgIpc) is 2.75. The number of nitrogens with one attached hydrogen (secondary N) is 2. The van der Waals surface area contributed by atoms with Gasteiger partial charge in [-0.3, -0.25) is 9.59 Å². The van der Waals surface area contributed by atoms with Crippen molar-refractivity contribution in [2.75, 3.05) is 24.4 Å². The quantitative estimate of drug-likeness (QED) is 0.441. The van der Waals surface area contributed by atoms with Gasteiger partial charge >= 0.3 is 0 Å². The van der Waals surface area contributed by atoms with Crippen molar-refractivity contribution < 1.29 is 19.1 Å². The topological polar surface area (TPSA) is 76.7 Å². The molecule has 2 N–H and O–H groups in total. The molecule has 0 heterocycles. The first-order valence-electron chi connectivity index (χ1n) is 8.99. The molecule has 0 aliphatic rings.